The summed E-state index contributed by atoms with van der Waals surface area (Å²) in [4.78, 5) is 0. The molecular formula is C27H52O2. The van der Waals surface area contributed by atoms with E-state index >= 15 is 0 Å². The molecule has 2 nitrogen and oxygen atoms in total. The highest BCUT2D eigenvalue weighted by Gasteiger charge is 2.34. The molecule has 0 saturated carbocycles. The van der Waals surface area contributed by atoms with Crippen molar-refractivity contribution in [2.24, 2.45) is 0 Å². The predicted molar refractivity (Wildman–Crippen MR) is 127 cm³/mol. The molecule has 1 saturated heterocycles. The lowest BCUT2D eigenvalue weighted by Crippen LogP contribution is -2.30. The number of unbranched alkanes of at least 4 members (excludes halogenated alkanes) is 15. The van der Waals surface area contributed by atoms with Crippen molar-refractivity contribution in [3.05, 3.63) is 12.2 Å². The first kappa shape index (κ1) is 26.7. The molecular weight excluding hydrogens is 356 g/mol. The fraction of sp³-hybridized carbons (Fsp3) is 0.926. The number of allylic oxidation sites excluding steroid dienone is 2. The van der Waals surface area contributed by atoms with Crippen molar-refractivity contribution >= 4 is 0 Å². The Morgan fingerprint density at radius 3 is 1.34 bits per heavy atom. The number of rotatable bonds is 21. The van der Waals surface area contributed by atoms with E-state index in [0.717, 1.165) is 26.1 Å². The fourth-order valence-electron chi connectivity index (χ4n) is 4.37. The number of hydrogen-bond donors (Lipinski definition) is 0. The highest BCUT2D eigenvalue weighted by Crippen LogP contribution is 2.32. The maximum atomic E-state index is 6.03. The Hall–Kier alpha value is -0.340. The number of hydrogen-bond acceptors (Lipinski definition) is 2. The van der Waals surface area contributed by atoms with E-state index in [-0.39, 0.29) is 5.79 Å². The monoisotopic (exact) mass is 408 g/mol. The van der Waals surface area contributed by atoms with Crippen molar-refractivity contribution in [3.63, 3.8) is 0 Å². The molecule has 0 aromatic rings. The van der Waals surface area contributed by atoms with Crippen LogP contribution in [0.2, 0.25) is 0 Å². The van der Waals surface area contributed by atoms with Crippen LogP contribution >= 0.6 is 0 Å². The van der Waals surface area contributed by atoms with Gasteiger partial charge in [0.1, 0.15) is 0 Å². The average molecular weight is 409 g/mol. The largest absolute Gasteiger partial charge is 0.348 e. The standard InChI is InChI=1S/C27H52O2/c1-3-5-7-9-10-11-12-13-14-15-16-17-18-20-22-24-27(28-25-26-29-27)23-21-19-8-6-4-2/h13-14H,3-12,15-26H2,1-2H3. The van der Waals surface area contributed by atoms with Crippen LogP contribution in [-0.4, -0.2) is 19.0 Å². The van der Waals surface area contributed by atoms with E-state index in [1.807, 2.05) is 0 Å². The molecule has 0 unspecified atom stereocenters. The van der Waals surface area contributed by atoms with Gasteiger partial charge in [0.15, 0.2) is 5.79 Å². The lowest BCUT2D eigenvalue weighted by Gasteiger charge is -2.27. The van der Waals surface area contributed by atoms with Crippen LogP contribution < -0.4 is 0 Å². The van der Waals surface area contributed by atoms with Crippen LogP contribution in [0, 0.1) is 0 Å². The van der Waals surface area contributed by atoms with Crippen LogP contribution in [0.15, 0.2) is 12.2 Å². The van der Waals surface area contributed by atoms with E-state index in [0.29, 0.717) is 0 Å². The SMILES string of the molecule is CCCCCCCCC=CCCCCCCCC1(CCCCCCC)OCCO1. The van der Waals surface area contributed by atoms with Gasteiger partial charge in [0.25, 0.3) is 0 Å². The molecule has 1 heterocycles. The minimum atomic E-state index is -0.231. The van der Waals surface area contributed by atoms with Crippen molar-refractivity contribution < 1.29 is 9.47 Å². The molecule has 1 rings (SSSR count). The molecule has 1 aliphatic heterocycles. The van der Waals surface area contributed by atoms with Gasteiger partial charge in [-0.1, -0.05) is 103 Å². The summed E-state index contributed by atoms with van der Waals surface area (Å²) in [6.07, 6.45) is 31.3. The second-order valence-electron chi connectivity index (χ2n) is 9.11. The van der Waals surface area contributed by atoms with Crippen LogP contribution in [-0.2, 0) is 9.47 Å². The zero-order valence-electron chi connectivity index (χ0n) is 20.0. The van der Waals surface area contributed by atoms with Crippen LogP contribution in [0.5, 0.6) is 0 Å². The van der Waals surface area contributed by atoms with Gasteiger partial charge in [-0.25, -0.2) is 0 Å². The molecule has 1 aliphatic rings. The third kappa shape index (κ3) is 15.2. The second-order valence-corrected chi connectivity index (χ2v) is 9.11. The first-order valence-electron chi connectivity index (χ1n) is 13.3. The maximum absolute atomic E-state index is 6.03. The third-order valence-corrected chi connectivity index (χ3v) is 6.29. The molecule has 1 fully saturated rings. The molecule has 172 valence electrons. The van der Waals surface area contributed by atoms with E-state index in [1.54, 1.807) is 0 Å². The van der Waals surface area contributed by atoms with Crippen LogP contribution in [0.25, 0.3) is 0 Å². The Labute approximate surface area is 183 Å². The van der Waals surface area contributed by atoms with Gasteiger partial charge in [0, 0.05) is 12.8 Å². The van der Waals surface area contributed by atoms with Gasteiger partial charge in [0.05, 0.1) is 13.2 Å². The summed E-state index contributed by atoms with van der Waals surface area (Å²) in [6, 6.07) is 0. The number of ether oxygens (including phenoxy) is 2. The first-order chi connectivity index (χ1) is 14.3. The van der Waals surface area contributed by atoms with Crippen molar-refractivity contribution in [1.82, 2.24) is 0 Å². The Kier molecular flexibility index (Phi) is 18.1. The molecule has 0 spiro atoms. The Balaban J connectivity index is 1.92. The molecule has 0 aliphatic carbocycles. The summed E-state index contributed by atoms with van der Waals surface area (Å²) >= 11 is 0. The van der Waals surface area contributed by atoms with Crippen molar-refractivity contribution in [3.8, 4) is 0 Å². The summed E-state index contributed by atoms with van der Waals surface area (Å²) in [6.45, 7) is 6.14. The summed E-state index contributed by atoms with van der Waals surface area (Å²) in [7, 11) is 0. The predicted octanol–water partition coefficient (Wildman–Crippen LogP) is 9.13. The lowest BCUT2D eigenvalue weighted by atomic mass is 9.99. The molecule has 0 radical (unpaired) electrons. The highest BCUT2D eigenvalue weighted by atomic mass is 16.7. The summed E-state index contributed by atoms with van der Waals surface area (Å²) in [5.41, 5.74) is 0. The van der Waals surface area contributed by atoms with Gasteiger partial charge in [-0.15, -0.1) is 0 Å². The van der Waals surface area contributed by atoms with Crippen LogP contribution in [0.3, 0.4) is 0 Å². The third-order valence-electron chi connectivity index (χ3n) is 6.29. The molecule has 0 N–H and O–H groups in total. The zero-order valence-corrected chi connectivity index (χ0v) is 20.0. The van der Waals surface area contributed by atoms with Crippen molar-refractivity contribution in [2.45, 2.75) is 148 Å². The van der Waals surface area contributed by atoms with Crippen molar-refractivity contribution in [1.29, 1.82) is 0 Å². The summed E-state index contributed by atoms with van der Waals surface area (Å²) < 4.78 is 12.1. The van der Waals surface area contributed by atoms with Gasteiger partial charge in [-0.2, -0.15) is 0 Å². The molecule has 0 aromatic heterocycles. The molecule has 0 atom stereocenters. The molecule has 0 bridgehead atoms. The molecule has 0 amide bonds. The van der Waals surface area contributed by atoms with E-state index in [9.17, 15) is 0 Å². The van der Waals surface area contributed by atoms with E-state index < -0.39 is 0 Å². The minimum Gasteiger partial charge on any atom is -0.348 e. The maximum Gasteiger partial charge on any atom is 0.168 e. The quantitative estimate of drug-likeness (QED) is 0.139. The van der Waals surface area contributed by atoms with Crippen molar-refractivity contribution in [2.75, 3.05) is 13.2 Å². The van der Waals surface area contributed by atoms with Gasteiger partial charge >= 0.3 is 0 Å². The lowest BCUT2D eigenvalue weighted by molar-refractivity contribution is -0.168. The smallest absolute Gasteiger partial charge is 0.168 e. The second kappa shape index (κ2) is 19.6. The van der Waals surface area contributed by atoms with E-state index in [2.05, 4.69) is 26.0 Å². The average Bonchev–Trinajstić information content (AvgIpc) is 3.20. The van der Waals surface area contributed by atoms with Gasteiger partial charge in [0.2, 0.25) is 0 Å². The Morgan fingerprint density at radius 1 is 0.517 bits per heavy atom. The van der Waals surface area contributed by atoms with Gasteiger partial charge in [-0.05, 0) is 38.5 Å². The zero-order chi connectivity index (χ0) is 20.9. The minimum absolute atomic E-state index is 0.231. The summed E-state index contributed by atoms with van der Waals surface area (Å²) in [5.74, 6) is -0.231. The highest BCUT2D eigenvalue weighted by molar-refractivity contribution is 4.81. The van der Waals surface area contributed by atoms with Crippen LogP contribution in [0.4, 0.5) is 0 Å². The van der Waals surface area contributed by atoms with Gasteiger partial charge in [-0.3, -0.25) is 0 Å². The molecule has 0 aromatic carbocycles. The van der Waals surface area contributed by atoms with Gasteiger partial charge < -0.3 is 9.47 Å². The van der Waals surface area contributed by atoms with E-state index in [1.165, 1.54) is 116 Å². The fourth-order valence-corrected chi connectivity index (χ4v) is 4.37. The first-order valence-corrected chi connectivity index (χ1v) is 13.3. The topological polar surface area (TPSA) is 18.5 Å². The van der Waals surface area contributed by atoms with E-state index in [4.69, 9.17) is 9.47 Å². The molecule has 29 heavy (non-hydrogen) atoms. The summed E-state index contributed by atoms with van der Waals surface area (Å²) in [5, 5.41) is 0. The molecule has 2 heteroatoms. The Morgan fingerprint density at radius 2 is 0.897 bits per heavy atom. The Bertz CT molecular complexity index is 358. The van der Waals surface area contributed by atoms with Crippen LogP contribution in [0.1, 0.15) is 142 Å². The normalized spacial score (nSPS) is 16.2.